The van der Waals surface area contributed by atoms with E-state index in [0.29, 0.717) is 0 Å². The average molecular weight is 213 g/mol. The molecule has 0 fully saturated rings. The third kappa shape index (κ3) is 2.06. The first kappa shape index (κ1) is 10.7. The number of aromatic nitrogens is 1. The second kappa shape index (κ2) is 4.79. The molecule has 1 N–H and O–H groups in total. The van der Waals surface area contributed by atoms with Crippen molar-refractivity contribution in [2.45, 2.75) is 19.3 Å². The molecule has 16 heavy (non-hydrogen) atoms. The molecule has 0 aliphatic heterocycles. The van der Waals surface area contributed by atoms with Gasteiger partial charge in [0.2, 0.25) is 0 Å². The van der Waals surface area contributed by atoms with Gasteiger partial charge in [0.1, 0.15) is 0 Å². The average Bonchev–Trinajstić information content (AvgIpc) is 2.34. The van der Waals surface area contributed by atoms with E-state index in [2.05, 4.69) is 24.0 Å². The van der Waals surface area contributed by atoms with E-state index in [1.807, 2.05) is 30.3 Å². The topological polar surface area (TPSA) is 32.9 Å². The minimum atomic E-state index is 0.0122. The van der Waals surface area contributed by atoms with Crippen molar-refractivity contribution in [2.75, 3.05) is 0 Å². The molecular weight excluding hydrogens is 198 g/mol. The van der Waals surface area contributed by atoms with E-state index in [1.54, 1.807) is 6.20 Å². The number of hydrogen-bond donors (Lipinski definition) is 1. The standard InChI is InChI=1S/C14H15NO/c1-2-12(11-7-4-3-5-8-11)13-9-6-10-15-14(13)16/h3-10,12H,2H2,1H3,(H,15,16). The molecule has 2 aromatic rings. The first-order valence-corrected chi connectivity index (χ1v) is 5.55. The van der Waals surface area contributed by atoms with Crippen molar-refractivity contribution in [3.05, 3.63) is 70.1 Å². The molecule has 0 amide bonds. The zero-order valence-corrected chi connectivity index (χ0v) is 9.31. The van der Waals surface area contributed by atoms with Gasteiger partial charge >= 0.3 is 0 Å². The number of pyridine rings is 1. The van der Waals surface area contributed by atoms with E-state index >= 15 is 0 Å². The normalized spacial score (nSPS) is 12.3. The van der Waals surface area contributed by atoms with E-state index in [0.717, 1.165) is 12.0 Å². The fourth-order valence-corrected chi connectivity index (χ4v) is 2.03. The third-order valence-electron chi connectivity index (χ3n) is 2.83. The van der Waals surface area contributed by atoms with Crippen LogP contribution in [0.3, 0.4) is 0 Å². The molecule has 1 unspecified atom stereocenters. The van der Waals surface area contributed by atoms with Gasteiger partial charge in [-0.2, -0.15) is 0 Å². The molecule has 0 bridgehead atoms. The van der Waals surface area contributed by atoms with Gasteiger partial charge in [-0.1, -0.05) is 43.3 Å². The molecule has 1 atom stereocenters. The number of H-pyrrole nitrogens is 1. The maximum atomic E-state index is 11.7. The molecular formula is C14H15NO. The lowest BCUT2D eigenvalue weighted by atomic mass is 9.90. The number of hydrogen-bond acceptors (Lipinski definition) is 1. The van der Waals surface area contributed by atoms with Crippen LogP contribution in [0.1, 0.15) is 30.4 Å². The Balaban J connectivity index is 2.45. The highest BCUT2D eigenvalue weighted by Gasteiger charge is 2.14. The maximum Gasteiger partial charge on any atom is 0.251 e. The van der Waals surface area contributed by atoms with Crippen molar-refractivity contribution < 1.29 is 0 Å². The largest absolute Gasteiger partial charge is 0.329 e. The van der Waals surface area contributed by atoms with Crippen LogP contribution in [0.5, 0.6) is 0 Å². The molecule has 0 radical (unpaired) electrons. The highest BCUT2D eigenvalue weighted by molar-refractivity contribution is 5.30. The number of aromatic amines is 1. The fourth-order valence-electron chi connectivity index (χ4n) is 2.03. The summed E-state index contributed by atoms with van der Waals surface area (Å²) in [6.45, 7) is 2.10. The van der Waals surface area contributed by atoms with E-state index in [1.165, 1.54) is 5.56 Å². The molecule has 2 nitrogen and oxygen atoms in total. The smallest absolute Gasteiger partial charge is 0.251 e. The molecule has 0 aliphatic carbocycles. The molecule has 0 saturated heterocycles. The Bertz CT molecular complexity index is 501. The number of rotatable bonds is 3. The minimum absolute atomic E-state index is 0.0122. The Labute approximate surface area is 95.0 Å². The Morgan fingerprint density at radius 1 is 1.12 bits per heavy atom. The zero-order chi connectivity index (χ0) is 11.4. The summed E-state index contributed by atoms with van der Waals surface area (Å²) in [5.74, 6) is 0.186. The van der Waals surface area contributed by atoms with Gasteiger partial charge in [0.25, 0.3) is 5.56 Å². The molecule has 2 rings (SSSR count). The summed E-state index contributed by atoms with van der Waals surface area (Å²) >= 11 is 0. The SMILES string of the molecule is CCC(c1ccccc1)c1ccc[nH]c1=O. The third-order valence-corrected chi connectivity index (χ3v) is 2.83. The van der Waals surface area contributed by atoms with Crippen LogP contribution in [0.15, 0.2) is 53.5 Å². The summed E-state index contributed by atoms with van der Waals surface area (Å²) in [5, 5.41) is 0. The van der Waals surface area contributed by atoms with Gasteiger partial charge in [0.15, 0.2) is 0 Å². The lowest BCUT2D eigenvalue weighted by Gasteiger charge is -2.14. The lowest BCUT2D eigenvalue weighted by Crippen LogP contribution is -2.15. The van der Waals surface area contributed by atoms with Crippen molar-refractivity contribution in [1.82, 2.24) is 4.98 Å². The summed E-state index contributed by atoms with van der Waals surface area (Å²) in [7, 11) is 0. The van der Waals surface area contributed by atoms with Gasteiger partial charge in [-0.3, -0.25) is 4.79 Å². The minimum Gasteiger partial charge on any atom is -0.329 e. The molecule has 0 saturated carbocycles. The van der Waals surface area contributed by atoms with Crippen LogP contribution < -0.4 is 5.56 Å². The van der Waals surface area contributed by atoms with Crippen molar-refractivity contribution in [2.24, 2.45) is 0 Å². The lowest BCUT2D eigenvalue weighted by molar-refractivity contribution is 0.764. The molecule has 82 valence electrons. The number of nitrogens with one attached hydrogen (secondary N) is 1. The van der Waals surface area contributed by atoms with Crippen LogP contribution in [0.4, 0.5) is 0 Å². The fraction of sp³-hybridized carbons (Fsp3) is 0.214. The van der Waals surface area contributed by atoms with Crippen molar-refractivity contribution in [1.29, 1.82) is 0 Å². The number of benzene rings is 1. The van der Waals surface area contributed by atoms with E-state index in [9.17, 15) is 4.79 Å². The van der Waals surface area contributed by atoms with Crippen LogP contribution in [0.25, 0.3) is 0 Å². The van der Waals surface area contributed by atoms with Gasteiger partial charge in [0.05, 0.1) is 0 Å². The second-order valence-corrected chi connectivity index (χ2v) is 3.83. The molecule has 0 aliphatic rings. The van der Waals surface area contributed by atoms with E-state index in [-0.39, 0.29) is 11.5 Å². The van der Waals surface area contributed by atoms with Crippen LogP contribution in [0.2, 0.25) is 0 Å². The first-order valence-electron chi connectivity index (χ1n) is 5.55. The Hall–Kier alpha value is -1.83. The second-order valence-electron chi connectivity index (χ2n) is 3.83. The van der Waals surface area contributed by atoms with Gasteiger partial charge in [-0.15, -0.1) is 0 Å². The van der Waals surface area contributed by atoms with Crippen LogP contribution in [-0.4, -0.2) is 4.98 Å². The van der Waals surface area contributed by atoms with E-state index < -0.39 is 0 Å². The molecule has 1 aromatic heterocycles. The van der Waals surface area contributed by atoms with Gasteiger partial charge in [-0.05, 0) is 18.1 Å². The summed E-state index contributed by atoms with van der Waals surface area (Å²) < 4.78 is 0. The van der Waals surface area contributed by atoms with Crippen LogP contribution >= 0.6 is 0 Å². The Morgan fingerprint density at radius 2 is 1.88 bits per heavy atom. The van der Waals surface area contributed by atoms with Crippen LogP contribution in [0, 0.1) is 0 Å². The molecule has 2 heteroatoms. The monoisotopic (exact) mass is 213 g/mol. The van der Waals surface area contributed by atoms with Crippen molar-refractivity contribution in [3.63, 3.8) is 0 Å². The highest BCUT2D eigenvalue weighted by Crippen LogP contribution is 2.24. The van der Waals surface area contributed by atoms with Crippen molar-refractivity contribution >= 4 is 0 Å². The highest BCUT2D eigenvalue weighted by atomic mass is 16.1. The van der Waals surface area contributed by atoms with Gasteiger partial charge in [-0.25, -0.2) is 0 Å². The summed E-state index contributed by atoms with van der Waals surface area (Å²) in [4.78, 5) is 14.5. The quantitative estimate of drug-likeness (QED) is 0.835. The molecule has 0 spiro atoms. The van der Waals surface area contributed by atoms with E-state index in [4.69, 9.17) is 0 Å². The molecule has 1 heterocycles. The summed E-state index contributed by atoms with van der Waals surface area (Å²) in [5.41, 5.74) is 2.05. The summed E-state index contributed by atoms with van der Waals surface area (Å²) in [6.07, 6.45) is 2.60. The predicted octanol–water partition coefficient (Wildman–Crippen LogP) is 2.92. The Kier molecular flexibility index (Phi) is 3.20. The van der Waals surface area contributed by atoms with Crippen molar-refractivity contribution in [3.8, 4) is 0 Å². The Morgan fingerprint density at radius 3 is 2.50 bits per heavy atom. The first-order chi connectivity index (χ1) is 7.83. The molecule has 1 aromatic carbocycles. The summed E-state index contributed by atoms with van der Waals surface area (Å²) in [6, 6.07) is 13.9. The predicted molar refractivity (Wildman–Crippen MR) is 65.6 cm³/mol. The zero-order valence-electron chi connectivity index (χ0n) is 9.31. The van der Waals surface area contributed by atoms with Crippen LogP contribution in [-0.2, 0) is 0 Å². The maximum absolute atomic E-state index is 11.7. The van der Waals surface area contributed by atoms with Gasteiger partial charge in [0, 0.05) is 17.7 Å². The van der Waals surface area contributed by atoms with Gasteiger partial charge < -0.3 is 4.98 Å².